The standard InChI is InChI=1S/C21H14F4N2O5S/c22-11-5-6-13-17-15(11)18(30)16(19(31)26-7-14(28)29)20(32)27(17)12(8-33-13)9-1-3-10(4-2-9)21(23,24)25/h1-6,12,30H,7-8H2,(H,26,31)(H,28,29). The molecule has 33 heavy (non-hydrogen) atoms. The monoisotopic (exact) mass is 482 g/mol. The predicted octanol–water partition coefficient (Wildman–Crippen LogP) is 3.37. The molecule has 1 atom stereocenters. The summed E-state index contributed by atoms with van der Waals surface area (Å²) in [7, 11) is 0. The van der Waals surface area contributed by atoms with Crippen molar-refractivity contribution in [2.75, 3.05) is 12.3 Å². The number of amides is 1. The molecular formula is C21H14F4N2O5S. The summed E-state index contributed by atoms with van der Waals surface area (Å²) in [6.07, 6.45) is -4.56. The van der Waals surface area contributed by atoms with Gasteiger partial charge in [-0.1, -0.05) is 12.1 Å². The number of aromatic hydroxyl groups is 1. The smallest absolute Gasteiger partial charge is 0.416 e. The molecule has 1 aliphatic heterocycles. The number of pyridine rings is 1. The minimum Gasteiger partial charge on any atom is -0.506 e. The highest BCUT2D eigenvalue weighted by Crippen LogP contribution is 2.43. The Morgan fingerprint density at radius 3 is 2.42 bits per heavy atom. The van der Waals surface area contributed by atoms with E-state index < -0.39 is 64.3 Å². The molecule has 1 aliphatic rings. The zero-order valence-electron chi connectivity index (χ0n) is 16.4. The summed E-state index contributed by atoms with van der Waals surface area (Å²) in [5.74, 6) is -4.32. The molecule has 0 aliphatic carbocycles. The van der Waals surface area contributed by atoms with Crippen LogP contribution in [0.25, 0.3) is 10.9 Å². The van der Waals surface area contributed by atoms with E-state index in [-0.39, 0.29) is 11.3 Å². The summed E-state index contributed by atoms with van der Waals surface area (Å²) in [4.78, 5) is 37.0. The SMILES string of the molecule is O=C(O)CNC(=O)c1c(O)c2c(F)ccc3c2n(c1=O)C(c1ccc(C(F)(F)F)cc1)CS3. The van der Waals surface area contributed by atoms with E-state index in [1.165, 1.54) is 30.0 Å². The third-order valence-electron chi connectivity index (χ3n) is 5.20. The summed E-state index contributed by atoms with van der Waals surface area (Å²) < 4.78 is 54.6. The maximum Gasteiger partial charge on any atom is 0.416 e. The highest BCUT2D eigenvalue weighted by atomic mass is 32.2. The predicted molar refractivity (Wildman–Crippen MR) is 110 cm³/mol. The van der Waals surface area contributed by atoms with Crippen molar-refractivity contribution in [1.82, 2.24) is 9.88 Å². The van der Waals surface area contributed by atoms with Crippen LogP contribution < -0.4 is 10.9 Å². The molecule has 1 unspecified atom stereocenters. The minimum absolute atomic E-state index is 0.00608. The fraction of sp³-hybridized carbons (Fsp3) is 0.190. The van der Waals surface area contributed by atoms with Gasteiger partial charge in [-0.15, -0.1) is 11.8 Å². The second kappa shape index (κ2) is 8.10. The van der Waals surface area contributed by atoms with Crippen LogP contribution in [-0.4, -0.2) is 39.0 Å². The molecule has 12 heteroatoms. The van der Waals surface area contributed by atoms with Crippen molar-refractivity contribution >= 4 is 34.5 Å². The Morgan fingerprint density at radius 1 is 1.15 bits per heavy atom. The zero-order chi connectivity index (χ0) is 24.1. The average Bonchev–Trinajstić information content (AvgIpc) is 2.75. The normalized spacial score (nSPS) is 15.5. The molecule has 2 aromatic carbocycles. The van der Waals surface area contributed by atoms with E-state index in [0.29, 0.717) is 10.5 Å². The van der Waals surface area contributed by atoms with Crippen LogP contribution in [0.3, 0.4) is 0 Å². The molecule has 172 valence electrons. The van der Waals surface area contributed by atoms with Gasteiger partial charge in [-0.3, -0.25) is 19.0 Å². The van der Waals surface area contributed by atoms with Crippen LogP contribution in [0.5, 0.6) is 5.75 Å². The van der Waals surface area contributed by atoms with Crippen molar-refractivity contribution < 1.29 is 37.4 Å². The number of alkyl halides is 3. The molecular weight excluding hydrogens is 468 g/mol. The molecule has 2 heterocycles. The van der Waals surface area contributed by atoms with Gasteiger partial charge >= 0.3 is 12.1 Å². The molecule has 1 amide bonds. The van der Waals surface area contributed by atoms with Crippen LogP contribution >= 0.6 is 11.8 Å². The molecule has 0 spiro atoms. The Hall–Kier alpha value is -3.54. The number of aliphatic carboxylic acids is 1. The van der Waals surface area contributed by atoms with E-state index in [0.717, 1.165) is 22.8 Å². The topological polar surface area (TPSA) is 109 Å². The Bertz CT molecular complexity index is 1350. The van der Waals surface area contributed by atoms with Gasteiger partial charge in [0.25, 0.3) is 11.5 Å². The van der Waals surface area contributed by atoms with Gasteiger partial charge in [0.1, 0.15) is 23.7 Å². The maximum absolute atomic E-state index is 14.7. The molecule has 0 saturated carbocycles. The summed E-state index contributed by atoms with van der Waals surface area (Å²) in [5, 5.41) is 20.9. The van der Waals surface area contributed by atoms with Crippen LogP contribution in [0.4, 0.5) is 17.6 Å². The van der Waals surface area contributed by atoms with Crippen molar-refractivity contribution in [1.29, 1.82) is 0 Å². The number of benzene rings is 2. The largest absolute Gasteiger partial charge is 0.506 e. The van der Waals surface area contributed by atoms with Crippen molar-refractivity contribution in [3.63, 3.8) is 0 Å². The second-order valence-electron chi connectivity index (χ2n) is 7.19. The molecule has 7 nitrogen and oxygen atoms in total. The lowest BCUT2D eigenvalue weighted by molar-refractivity contribution is -0.138. The van der Waals surface area contributed by atoms with Gasteiger partial charge in [-0.2, -0.15) is 13.2 Å². The van der Waals surface area contributed by atoms with Crippen molar-refractivity contribution in [3.05, 3.63) is 69.3 Å². The Morgan fingerprint density at radius 2 is 1.82 bits per heavy atom. The number of nitrogens with one attached hydrogen (secondary N) is 1. The van der Waals surface area contributed by atoms with E-state index in [1.807, 2.05) is 5.32 Å². The van der Waals surface area contributed by atoms with Crippen molar-refractivity contribution in [2.45, 2.75) is 17.1 Å². The van der Waals surface area contributed by atoms with E-state index >= 15 is 0 Å². The van der Waals surface area contributed by atoms with Crippen molar-refractivity contribution in [3.8, 4) is 5.75 Å². The zero-order valence-corrected chi connectivity index (χ0v) is 17.3. The number of rotatable bonds is 4. The molecule has 4 rings (SSSR count). The van der Waals surface area contributed by atoms with E-state index in [2.05, 4.69) is 0 Å². The molecule has 3 N–H and O–H groups in total. The van der Waals surface area contributed by atoms with Gasteiger partial charge in [-0.05, 0) is 29.8 Å². The average molecular weight is 482 g/mol. The first-order chi connectivity index (χ1) is 15.5. The molecule has 0 fully saturated rings. The number of aromatic nitrogens is 1. The highest BCUT2D eigenvalue weighted by Gasteiger charge is 2.34. The maximum atomic E-state index is 14.7. The second-order valence-corrected chi connectivity index (χ2v) is 8.25. The Kier molecular flexibility index (Phi) is 5.56. The summed E-state index contributed by atoms with van der Waals surface area (Å²) >= 11 is 1.21. The van der Waals surface area contributed by atoms with Gasteiger partial charge < -0.3 is 15.5 Å². The number of carbonyl (C=O) groups is 2. The summed E-state index contributed by atoms with van der Waals surface area (Å²) in [5.41, 5.74) is -2.48. The van der Waals surface area contributed by atoms with Gasteiger partial charge in [0, 0.05) is 10.6 Å². The summed E-state index contributed by atoms with van der Waals surface area (Å²) in [6.45, 7) is -0.851. The number of carbonyl (C=O) groups excluding carboxylic acids is 1. The minimum atomic E-state index is -4.56. The van der Waals surface area contributed by atoms with Gasteiger partial charge in [0.2, 0.25) is 0 Å². The highest BCUT2D eigenvalue weighted by molar-refractivity contribution is 7.99. The van der Waals surface area contributed by atoms with Crippen LogP contribution in [-0.2, 0) is 11.0 Å². The number of nitrogens with zero attached hydrogens (tertiary/aromatic N) is 1. The fourth-order valence-electron chi connectivity index (χ4n) is 3.71. The van der Waals surface area contributed by atoms with Crippen LogP contribution in [0.15, 0.2) is 46.1 Å². The molecule has 0 radical (unpaired) electrons. The number of carboxylic acid groups (broad SMARTS) is 1. The molecule has 0 saturated heterocycles. The first kappa shape index (κ1) is 22.6. The Balaban J connectivity index is 1.96. The lowest BCUT2D eigenvalue weighted by Gasteiger charge is -2.29. The number of hydrogen-bond acceptors (Lipinski definition) is 5. The van der Waals surface area contributed by atoms with Gasteiger partial charge in [0.05, 0.1) is 22.5 Å². The van der Waals surface area contributed by atoms with E-state index in [9.17, 15) is 37.1 Å². The molecule has 0 bridgehead atoms. The third-order valence-corrected chi connectivity index (χ3v) is 6.32. The lowest BCUT2D eigenvalue weighted by Crippen LogP contribution is -2.38. The number of carboxylic acids is 1. The first-order valence-electron chi connectivity index (χ1n) is 9.40. The van der Waals surface area contributed by atoms with Gasteiger partial charge in [-0.25, -0.2) is 4.39 Å². The lowest BCUT2D eigenvalue weighted by atomic mass is 10.0. The quantitative estimate of drug-likeness (QED) is 0.492. The number of hydrogen-bond donors (Lipinski definition) is 3. The number of halogens is 4. The van der Waals surface area contributed by atoms with Crippen LogP contribution in [0.1, 0.15) is 27.5 Å². The third kappa shape index (κ3) is 3.90. The van der Waals surface area contributed by atoms with Gasteiger partial charge in [0.15, 0.2) is 0 Å². The van der Waals surface area contributed by atoms with E-state index in [4.69, 9.17) is 5.11 Å². The molecule has 1 aromatic heterocycles. The van der Waals surface area contributed by atoms with Crippen LogP contribution in [0, 0.1) is 5.82 Å². The fourth-order valence-corrected chi connectivity index (χ4v) is 4.89. The summed E-state index contributed by atoms with van der Waals surface area (Å²) in [6, 6.07) is 5.64. The van der Waals surface area contributed by atoms with Crippen LogP contribution in [0.2, 0.25) is 0 Å². The Labute approximate surface area is 186 Å². The van der Waals surface area contributed by atoms with E-state index in [1.54, 1.807) is 0 Å². The number of thioether (sulfide) groups is 1. The molecule has 3 aromatic rings. The first-order valence-corrected chi connectivity index (χ1v) is 10.4. The van der Waals surface area contributed by atoms with Crippen molar-refractivity contribution in [2.24, 2.45) is 0 Å².